The lowest BCUT2D eigenvalue weighted by molar-refractivity contribution is 0.362. The summed E-state index contributed by atoms with van der Waals surface area (Å²) in [6, 6.07) is 0. The normalized spacial score (nSPS) is 19.1. The maximum absolute atomic E-state index is 6.30. The van der Waals surface area contributed by atoms with Gasteiger partial charge in [-0.2, -0.15) is 0 Å². The van der Waals surface area contributed by atoms with Gasteiger partial charge < -0.3 is 10.6 Å². The number of likely N-dealkylation sites (tertiary alicyclic amines) is 1. The molecule has 1 saturated heterocycles. The van der Waals surface area contributed by atoms with Crippen LogP contribution in [0, 0.1) is 0 Å². The van der Waals surface area contributed by atoms with Gasteiger partial charge in [0.1, 0.15) is 10.6 Å². The van der Waals surface area contributed by atoms with Crippen molar-refractivity contribution in [2.75, 3.05) is 31.1 Å². The Morgan fingerprint density at radius 2 is 1.87 bits per heavy atom. The monoisotopic (exact) mass is 348 g/mol. The molecule has 1 aliphatic carbocycles. The number of nitrogen functional groups attached to an aromatic ring is 1. The van der Waals surface area contributed by atoms with Crippen LogP contribution in [0.5, 0.6) is 0 Å². The molecule has 0 amide bonds. The van der Waals surface area contributed by atoms with Crippen molar-refractivity contribution in [3.63, 3.8) is 0 Å². The molecule has 2 aliphatic rings. The zero-order valence-electron chi connectivity index (χ0n) is 13.5. The molecule has 0 aromatic carbocycles. The molecule has 2 aromatic rings. The van der Waals surface area contributed by atoms with Crippen LogP contribution in [0.15, 0.2) is 5.16 Å². The number of nitrogens with zero attached hydrogens (tertiary/aromatic N) is 3. The third-order valence-electron chi connectivity index (χ3n) is 4.91. The van der Waals surface area contributed by atoms with Crippen molar-refractivity contribution in [2.24, 2.45) is 0 Å². The van der Waals surface area contributed by atoms with Crippen LogP contribution < -0.4 is 5.73 Å². The number of aromatic nitrogens is 2. The van der Waals surface area contributed by atoms with Gasteiger partial charge >= 0.3 is 0 Å². The van der Waals surface area contributed by atoms with E-state index in [1.54, 1.807) is 11.8 Å². The molecule has 0 radical (unpaired) electrons. The number of aryl methyl sites for hydroxylation is 2. The lowest BCUT2D eigenvalue weighted by atomic mass is 10.1. The molecule has 4 nitrogen and oxygen atoms in total. The SMILES string of the molecule is Nc1nc(SCCN2CCCC2)nc2sc3c(c12)CCCCC3. The second-order valence-corrected chi connectivity index (χ2v) is 8.68. The lowest BCUT2D eigenvalue weighted by Crippen LogP contribution is -2.21. The Bertz CT molecular complexity index is 691. The fourth-order valence-electron chi connectivity index (χ4n) is 3.68. The molecular weight excluding hydrogens is 324 g/mol. The van der Waals surface area contributed by atoms with Gasteiger partial charge in [-0.1, -0.05) is 18.2 Å². The molecule has 2 N–H and O–H groups in total. The zero-order chi connectivity index (χ0) is 15.6. The van der Waals surface area contributed by atoms with Gasteiger partial charge in [0, 0.05) is 17.2 Å². The van der Waals surface area contributed by atoms with Gasteiger partial charge in [0.05, 0.1) is 5.39 Å². The molecule has 0 atom stereocenters. The highest BCUT2D eigenvalue weighted by Gasteiger charge is 2.19. The number of thioether (sulfide) groups is 1. The van der Waals surface area contributed by atoms with E-state index < -0.39 is 0 Å². The molecular formula is C17H24N4S2. The highest BCUT2D eigenvalue weighted by Crippen LogP contribution is 2.37. The summed E-state index contributed by atoms with van der Waals surface area (Å²) in [5.41, 5.74) is 7.74. The molecule has 0 unspecified atom stereocenters. The minimum absolute atomic E-state index is 0.693. The van der Waals surface area contributed by atoms with Gasteiger partial charge in [0.25, 0.3) is 0 Å². The van der Waals surface area contributed by atoms with E-state index in [1.165, 1.54) is 62.1 Å². The number of thiophene rings is 1. The summed E-state index contributed by atoms with van der Waals surface area (Å²) in [6.07, 6.45) is 8.92. The highest BCUT2D eigenvalue weighted by molar-refractivity contribution is 7.99. The van der Waals surface area contributed by atoms with Gasteiger partial charge in [-0.15, -0.1) is 11.3 Å². The predicted octanol–water partition coefficient (Wildman–Crippen LogP) is 3.73. The summed E-state index contributed by atoms with van der Waals surface area (Å²) in [5.74, 6) is 1.74. The summed E-state index contributed by atoms with van der Waals surface area (Å²) in [4.78, 5) is 14.5. The van der Waals surface area contributed by atoms with Gasteiger partial charge in [-0.3, -0.25) is 0 Å². The van der Waals surface area contributed by atoms with Crippen molar-refractivity contribution < 1.29 is 0 Å². The summed E-state index contributed by atoms with van der Waals surface area (Å²) >= 11 is 3.59. The molecule has 0 saturated carbocycles. The van der Waals surface area contributed by atoms with Crippen LogP contribution in [0.3, 0.4) is 0 Å². The van der Waals surface area contributed by atoms with E-state index in [2.05, 4.69) is 9.88 Å². The molecule has 124 valence electrons. The summed E-state index contributed by atoms with van der Waals surface area (Å²) in [5, 5.41) is 2.00. The topological polar surface area (TPSA) is 55.0 Å². The Hall–Kier alpha value is -0.850. The van der Waals surface area contributed by atoms with Crippen molar-refractivity contribution in [1.82, 2.24) is 14.9 Å². The Balaban J connectivity index is 1.52. The minimum Gasteiger partial charge on any atom is -0.383 e. The number of rotatable bonds is 4. The summed E-state index contributed by atoms with van der Waals surface area (Å²) in [6.45, 7) is 3.63. The number of fused-ring (bicyclic) bond motifs is 3. The first-order valence-electron chi connectivity index (χ1n) is 8.74. The van der Waals surface area contributed by atoms with E-state index in [0.29, 0.717) is 5.82 Å². The maximum atomic E-state index is 6.30. The molecule has 2 aromatic heterocycles. The second kappa shape index (κ2) is 6.95. The van der Waals surface area contributed by atoms with Crippen LogP contribution in [0.4, 0.5) is 5.82 Å². The largest absolute Gasteiger partial charge is 0.383 e. The predicted molar refractivity (Wildman–Crippen MR) is 99.5 cm³/mol. The Labute approximate surface area is 145 Å². The molecule has 23 heavy (non-hydrogen) atoms. The van der Waals surface area contributed by atoms with Crippen LogP contribution in [-0.4, -0.2) is 40.3 Å². The van der Waals surface area contributed by atoms with E-state index in [-0.39, 0.29) is 0 Å². The smallest absolute Gasteiger partial charge is 0.190 e. The van der Waals surface area contributed by atoms with E-state index in [9.17, 15) is 0 Å². The molecule has 1 fully saturated rings. The van der Waals surface area contributed by atoms with Crippen molar-refractivity contribution >= 4 is 39.1 Å². The van der Waals surface area contributed by atoms with E-state index in [1.807, 2.05) is 11.3 Å². The van der Waals surface area contributed by atoms with Crippen LogP contribution in [0.25, 0.3) is 10.2 Å². The zero-order valence-corrected chi connectivity index (χ0v) is 15.1. The Morgan fingerprint density at radius 3 is 2.74 bits per heavy atom. The van der Waals surface area contributed by atoms with Crippen LogP contribution in [0.2, 0.25) is 0 Å². The maximum Gasteiger partial charge on any atom is 0.190 e. The third-order valence-corrected chi connectivity index (χ3v) is 6.92. The molecule has 4 rings (SSSR count). The Kier molecular flexibility index (Phi) is 4.73. The minimum atomic E-state index is 0.693. The number of hydrogen-bond donors (Lipinski definition) is 1. The quantitative estimate of drug-likeness (QED) is 0.518. The lowest BCUT2D eigenvalue weighted by Gasteiger charge is -2.13. The molecule has 6 heteroatoms. The first-order valence-corrected chi connectivity index (χ1v) is 10.5. The first-order chi connectivity index (χ1) is 11.3. The van der Waals surface area contributed by atoms with Crippen molar-refractivity contribution in [1.29, 1.82) is 0 Å². The third kappa shape index (κ3) is 3.35. The first kappa shape index (κ1) is 15.7. The standard InChI is InChI=1S/C17H24N4S2/c18-15-14-12-6-2-1-3-7-13(12)23-16(14)20-17(19-15)22-11-10-21-8-4-5-9-21/h1-11H2,(H2,18,19,20). The average Bonchev–Trinajstić information content (AvgIpc) is 3.10. The summed E-state index contributed by atoms with van der Waals surface area (Å²) in [7, 11) is 0. The van der Waals surface area contributed by atoms with Gasteiger partial charge in [-0.05, 0) is 57.2 Å². The molecule has 1 aliphatic heterocycles. The van der Waals surface area contributed by atoms with E-state index >= 15 is 0 Å². The summed E-state index contributed by atoms with van der Waals surface area (Å²) < 4.78 is 0. The fourth-order valence-corrected chi connectivity index (χ4v) is 5.86. The molecule has 0 spiro atoms. The van der Waals surface area contributed by atoms with Crippen LogP contribution >= 0.6 is 23.1 Å². The van der Waals surface area contributed by atoms with Crippen molar-refractivity contribution in [2.45, 2.75) is 50.1 Å². The number of anilines is 1. The molecule has 0 bridgehead atoms. The molecule has 3 heterocycles. The number of nitrogens with two attached hydrogens (primary N) is 1. The fraction of sp³-hybridized carbons (Fsp3) is 0.647. The van der Waals surface area contributed by atoms with Crippen LogP contribution in [-0.2, 0) is 12.8 Å². The highest BCUT2D eigenvalue weighted by atomic mass is 32.2. The number of hydrogen-bond acceptors (Lipinski definition) is 6. The second-order valence-electron chi connectivity index (χ2n) is 6.53. The van der Waals surface area contributed by atoms with E-state index in [4.69, 9.17) is 10.7 Å². The van der Waals surface area contributed by atoms with E-state index in [0.717, 1.165) is 34.1 Å². The Morgan fingerprint density at radius 1 is 1.04 bits per heavy atom. The van der Waals surface area contributed by atoms with Crippen molar-refractivity contribution in [3.8, 4) is 0 Å². The van der Waals surface area contributed by atoms with Gasteiger partial charge in [0.2, 0.25) is 0 Å². The average molecular weight is 349 g/mol. The van der Waals surface area contributed by atoms with Crippen molar-refractivity contribution in [3.05, 3.63) is 10.4 Å². The van der Waals surface area contributed by atoms with Gasteiger partial charge in [0.15, 0.2) is 5.16 Å². The van der Waals surface area contributed by atoms with Crippen LogP contribution in [0.1, 0.15) is 42.5 Å². The van der Waals surface area contributed by atoms with Gasteiger partial charge in [-0.25, -0.2) is 9.97 Å².